The van der Waals surface area contributed by atoms with Gasteiger partial charge in [0.2, 0.25) is 5.91 Å². The Morgan fingerprint density at radius 3 is 2.73 bits per heavy atom. The molecule has 3 nitrogen and oxygen atoms in total. The van der Waals surface area contributed by atoms with Gasteiger partial charge in [-0.05, 0) is 54.8 Å². The fourth-order valence-corrected chi connectivity index (χ4v) is 1.58. The van der Waals surface area contributed by atoms with Gasteiger partial charge in [0.15, 0.2) is 0 Å². The molecule has 15 heavy (non-hydrogen) atoms. The smallest absolute Gasteiger partial charge is 0.241 e. The van der Waals surface area contributed by atoms with Crippen molar-refractivity contribution in [2.24, 2.45) is 0 Å². The molecule has 1 aromatic carbocycles. The van der Waals surface area contributed by atoms with E-state index in [4.69, 9.17) is 0 Å². The molecule has 0 bridgehead atoms. The minimum atomic E-state index is -0.306. The summed E-state index contributed by atoms with van der Waals surface area (Å²) in [4.78, 5) is 11.5. The number of benzene rings is 1. The molecule has 0 spiro atoms. The summed E-state index contributed by atoms with van der Waals surface area (Å²) < 4.78 is 13.5. The fourth-order valence-electron chi connectivity index (χ4n) is 0.963. The molecule has 1 atom stereocenters. The highest BCUT2D eigenvalue weighted by atomic mass is 127. The van der Waals surface area contributed by atoms with E-state index in [0.29, 0.717) is 9.26 Å². The number of hydrogen-bond acceptors (Lipinski definition) is 2. The number of hydrogen-bond donors (Lipinski definition) is 2. The van der Waals surface area contributed by atoms with Gasteiger partial charge in [-0.15, -0.1) is 0 Å². The van der Waals surface area contributed by atoms with Crippen molar-refractivity contribution >= 4 is 34.2 Å². The maximum Gasteiger partial charge on any atom is 0.241 e. The van der Waals surface area contributed by atoms with E-state index in [2.05, 4.69) is 10.6 Å². The third-order valence-corrected chi connectivity index (χ3v) is 2.91. The molecule has 0 heterocycles. The molecular weight excluding hydrogens is 310 g/mol. The van der Waals surface area contributed by atoms with Crippen molar-refractivity contribution in [1.29, 1.82) is 0 Å². The Labute approximate surface area is 102 Å². The molecule has 1 unspecified atom stereocenters. The van der Waals surface area contributed by atoms with Crippen LogP contribution in [0.4, 0.5) is 10.1 Å². The van der Waals surface area contributed by atoms with Crippen molar-refractivity contribution < 1.29 is 9.18 Å². The normalized spacial score (nSPS) is 12.3. The Morgan fingerprint density at radius 2 is 2.20 bits per heavy atom. The van der Waals surface area contributed by atoms with Crippen LogP contribution in [0.25, 0.3) is 0 Å². The predicted molar refractivity (Wildman–Crippen MR) is 66.3 cm³/mol. The van der Waals surface area contributed by atoms with E-state index in [-0.39, 0.29) is 17.8 Å². The fraction of sp³-hybridized carbons (Fsp3) is 0.300. The summed E-state index contributed by atoms with van der Waals surface area (Å²) in [5, 5.41) is 5.54. The quantitative estimate of drug-likeness (QED) is 0.836. The van der Waals surface area contributed by atoms with Crippen molar-refractivity contribution in [3.05, 3.63) is 27.6 Å². The summed E-state index contributed by atoms with van der Waals surface area (Å²) >= 11 is 1.98. The van der Waals surface area contributed by atoms with Gasteiger partial charge in [-0.3, -0.25) is 4.79 Å². The number of carbonyl (C=O) groups is 1. The molecule has 2 N–H and O–H groups in total. The van der Waals surface area contributed by atoms with Crippen LogP contribution in [0.5, 0.6) is 0 Å². The first-order chi connectivity index (χ1) is 7.04. The van der Waals surface area contributed by atoms with E-state index in [9.17, 15) is 9.18 Å². The number of nitrogens with one attached hydrogen (secondary N) is 2. The van der Waals surface area contributed by atoms with Gasteiger partial charge in [-0.1, -0.05) is 0 Å². The van der Waals surface area contributed by atoms with Crippen LogP contribution < -0.4 is 10.6 Å². The molecule has 0 aromatic heterocycles. The van der Waals surface area contributed by atoms with Crippen LogP contribution in [0.1, 0.15) is 6.92 Å². The molecule has 1 aromatic rings. The van der Waals surface area contributed by atoms with E-state index in [0.717, 1.165) is 0 Å². The lowest BCUT2D eigenvalue weighted by Crippen LogP contribution is -2.35. The summed E-state index contributed by atoms with van der Waals surface area (Å²) in [6, 6.07) is 3.98. The summed E-state index contributed by atoms with van der Waals surface area (Å²) in [5.41, 5.74) is 0.629. The minimum Gasteiger partial charge on any atom is -0.324 e. The molecule has 0 aliphatic heterocycles. The number of carbonyl (C=O) groups excluding carboxylic acids is 1. The summed E-state index contributed by atoms with van der Waals surface area (Å²) in [7, 11) is 1.71. The zero-order valence-electron chi connectivity index (χ0n) is 8.47. The average molecular weight is 322 g/mol. The molecule has 1 rings (SSSR count). The molecule has 0 fully saturated rings. The molecule has 0 aliphatic rings. The van der Waals surface area contributed by atoms with E-state index < -0.39 is 0 Å². The van der Waals surface area contributed by atoms with Gasteiger partial charge in [0, 0.05) is 3.57 Å². The Morgan fingerprint density at radius 1 is 1.53 bits per heavy atom. The first-order valence-corrected chi connectivity index (χ1v) is 5.55. The Bertz CT molecular complexity index is 370. The SMILES string of the molecule is CNC(C)C(=O)Nc1ccc(F)cc1I. The maximum atomic E-state index is 12.8. The third-order valence-electron chi connectivity index (χ3n) is 2.02. The lowest BCUT2D eigenvalue weighted by atomic mass is 10.2. The van der Waals surface area contributed by atoms with Crippen LogP contribution in [-0.4, -0.2) is 19.0 Å². The standard InChI is InChI=1S/C10H12FIN2O/c1-6(13-2)10(15)14-9-4-3-7(11)5-8(9)12/h3-6,13H,1-2H3,(H,14,15). The number of rotatable bonds is 3. The first-order valence-electron chi connectivity index (χ1n) is 4.47. The van der Waals surface area contributed by atoms with Gasteiger partial charge >= 0.3 is 0 Å². The van der Waals surface area contributed by atoms with Crippen molar-refractivity contribution in [3.63, 3.8) is 0 Å². The molecule has 5 heteroatoms. The number of halogens is 2. The Hall–Kier alpha value is -0.690. The highest BCUT2D eigenvalue weighted by Crippen LogP contribution is 2.18. The zero-order valence-corrected chi connectivity index (χ0v) is 10.6. The zero-order chi connectivity index (χ0) is 11.4. The molecule has 82 valence electrons. The topological polar surface area (TPSA) is 41.1 Å². The second-order valence-corrected chi connectivity index (χ2v) is 4.29. The molecule has 0 saturated carbocycles. The molecule has 0 radical (unpaired) electrons. The molecule has 1 amide bonds. The third kappa shape index (κ3) is 3.42. The van der Waals surface area contributed by atoms with E-state index in [1.165, 1.54) is 12.1 Å². The van der Waals surface area contributed by atoms with Crippen LogP contribution in [0.15, 0.2) is 18.2 Å². The number of anilines is 1. The largest absolute Gasteiger partial charge is 0.324 e. The van der Waals surface area contributed by atoms with Crippen molar-refractivity contribution in [3.8, 4) is 0 Å². The van der Waals surface area contributed by atoms with Gasteiger partial charge in [-0.2, -0.15) is 0 Å². The number of amides is 1. The van der Waals surface area contributed by atoms with Crippen LogP contribution in [0.3, 0.4) is 0 Å². The highest BCUT2D eigenvalue weighted by Gasteiger charge is 2.11. The van der Waals surface area contributed by atoms with Gasteiger partial charge in [0.1, 0.15) is 5.82 Å². The van der Waals surface area contributed by atoms with Crippen molar-refractivity contribution in [1.82, 2.24) is 5.32 Å². The van der Waals surface area contributed by atoms with Crippen molar-refractivity contribution in [2.75, 3.05) is 12.4 Å². The van der Waals surface area contributed by atoms with E-state index >= 15 is 0 Å². The molecule has 0 aliphatic carbocycles. The van der Waals surface area contributed by atoms with Gasteiger partial charge in [0.05, 0.1) is 11.7 Å². The molecule has 0 saturated heterocycles. The van der Waals surface area contributed by atoms with Crippen LogP contribution in [0.2, 0.25) is 0 Å². The Balaban J connectivity index is 2.77. The van der Waals surface area contributed by atoms with E-state index in [1.54, 1.807) is 20.0 Å². The minimum absolute atomic E-state index is 0.137. The monoisotopic (exact) mass is 322 g/mol. The second-order valence-electron chi connectivity index (χ2n) is 3.12. The summed E-state index contributed by atoms with van der Waals surface area (Å²) in [6.45, 7) is 1.76. The van der Waals surface area contributed by atoms with Crippen LogP contribution in [-0.2, 0) is 4.79 Å². The summed E-state index contributed by atoms with van der Waals surface area (Å²) in [6.07, 6.45) is 0. The van der Waals surface area contributed by atoms with E-state index in [1.807, 2.05) is 22.6 Å². The number of likely N-dealkylation sites (N-methyl/N-ethyl adjacent to an activating group) is 1. The maximum absolute atomic E-state index is 12.8. The lowest BCUT2D eigenvalue weighted by Gasteiger charge is -2.12. The first kappa shape index (κ1) is 12.4. The Kier molecular flexibility index (Phi) is 4.46. The average Bonchev–Trinajstić information content (AvgIpc) is 2.20. The predicted octanol–water partition coefficient (Wildman–Crippen LogP) is 1.98. The van der Waals surface area contributed by atoms with Crippen molar-refractivity contribution in [2.45, 2.75) is 13.0 Å². The molecular formula is C10H12FIN2O. The van der Waals surface area contributed by atoms with Gasteiger partial charge in [0.25, 0.3) is 0 Å². The summed E-state index contributed by atoms with van der Waals surface area (Å²) in [5.74, 6) is -0.443. The van der Waals surface area contributed by atoms with Crippen LogP contribution in [0, 0.1) is 9.39 Å². The second kappa shape index (κ2) is 5.41. The highest BCUT2D eigenvalue weighted by molar-refractivity contribution is 14.1. The van der Waals surface area contributed by atoms with Crippen LogP contribution >= 0.6 is 22.6 Å². The lowest BCUT2D eigenvalue weighted by molar-refractivity contribution is -0.117. The van der Waals surface area contributed by atoms with Gasteiger partial charge in [-0.25, -0.2) is 4.39 Å². The van der Waals surface area contributed by atoms with Gasteiger partial charge < -0.3 is 10.6 Å².